The van der Waals surface area contributed by atoms with Crippen molar-refractivity contribution in [2.45, 2.75) is 6.92 Å². The second-order valence-corrected chi connectivity index (χ2v) is 8.42. The number of aromatic nitrogens is 1. The number of halogens is 1. The maximum absolute atomic E-state index is 13.0. The fourth-order valence-electron chi connectivity index (χ4n) is 3.09. The van der Waals surface area contributed by atoms with Crippen LogP contribution in [0.15, 0.2) is 41.1 Å². The summed E-state index contributed by atoms with van der Waals surface area (Å²) in [6.07, 6.45) is 0. The van der Waals surface area contributed by atoms with E-state index < -0.39 is 0 Å². The minimum Gasteiger partial charge on any atom is -0.368 e. The molecule has 0 bridgehead atoms. The van der Waals surface area contributed by atoms with E-state index in [0.717, 1.165) is 44.9 Å². The molecule has 1 amide bonds. The van der Waals surface area contributed by atoms with E-state index in [-0.39, 0.29) is 5.91 Å². The molecule has 4 rings (SSSR count). The minimum atomic E-state index is 0.0900. The molecule has 0 spiro atoms. The van der Waals surface area contributed by atoms with Crippen molar-refractivity contribution in [3.8, 4) is 10.6 Å². The Kier molecular flexibility index (Phi) is 4.98. The van der Waals surface area contributed by atoms with Gasteiger partial charge >= 0.3 is 0 Å². The zero-order valence-corrected chi connectivity index (χ0v) is 16.7. The van der Waals surface area contributed by atoms with Crippen molar-refractivity contribution in [2.75, 3.05) is 31.1 Å². The Bertz CT molecular complexity index is 915. The van der Waals surface area contributed by atoms with Crippen LogP contribution in [0.2, 0.25) is 5.02 Å². The highest BCUT2D eigenvalue weighted by molar-refractivity contribution is 7.17. The average molecular weight is 404 g/mol. The third-order valence-corrected chi connectivity index (χ3v) is 6.61. The molecular formula is C19H18ClN3OS2. The Labute approximate surface area is 165 Å². The number of hydrogen-bond acceptors (Lipinski definition) is 5. The first-order valence-corrected chi connectivity index (χ1v) is 10.6. The number of thiazole rings is 1. The normalized spacial score (nSPS) is 14.7. The van der Waals surface area contributed by atoms with Gasteiger partial charge in [0.25, 0.3) is 5.91 Å². The first kappa shape index (κ1) is 17.5. The molecule has 0 atom stereocenters. The summed E-state index contributed by atoms with van der Waals surface area (Å²) in [4.78, 5) is 22.5. The molecule has 4 nitrogen and oxygen atoms in total. The maximum Gasteiger partial charge on any atom is 0.265 e. The van der Waals surface area contributed by atoms with Gasteiger partial charge in [-0.1, -0.05) is 17.7 Å². The zero-order chi connectivity index (χ0) is 18.1. The number of carbonyl (C=O) groups excluding carboxylic acids is 1. The van der Waals surface area contributed by atoms with Crippen molar-refractivity contribution in [3.05, 3.63) is 56.7 Å². The van der Waals surface area contributed by atoms with Crippen molar-refractivity contribution >= 4 is 45.9 Å². The predicted molar refractivity (Wildman–Crippen MR) is 110 cm³/mol. The summed E-state index contributed by atoms with van der Waals surface area (Å²) in [5.41, 5.74) is 3.02. The molecule has 1 aliphatic rings. The van der Waals surface area contributed by atoms with Crippen LogP contribution < -0.4 is 4.90 Å². The zero-order valence-electron chi connectivity index (χ0n) is 14.3. The van der Waals surface area contributed by atoms with Gasteiger partial charge in [0.1, 0.15) is 9.88 Å². The molecular weight excluding hydrogens is 386 g/mol. The molecule has 1 aliphatic heterocycles. The van der Waals surface area contributed by atoms with E-state index in [1.54, 1.807) is 11.3 Å². The maximum atomic E-state index is 13.0. The third-order valence-electron chi connectivity index (χ3n) is 4.50. The van der Waals surface area contributed by atoms with Gasteiger partial charge in [-0.25, -0.2) is 4.98 Å². The van der Waals surface area contributed by atoms with Gasteiger partial charge in [-0.3, -0.25) is 4.79 Å². The largest absolute Gasteiger partial charge is 0.368 e. The van der Waals surface area contributed by atoms with E-state index in [4.69, 9.17) is 11.6 Å². The van der Waals surface area contributed by atoms with Crippen molar-refractivity contribution in [3.63, 3.8) is 0 Å². The van der Waals surface area contributed by atoms with Gasteiger partial charge in [-0.2, -0.15) is 11.3 Å². The molecule has 26 heavy (non-hydrogen) atoms. The minimum absolute atomic E-state index is 0.0900. The van der Waals surface area contributed by atoms with Crippen LogP contribution in [0.3, 0.4) is 0 Å². The van der Waals surface area contributed by atoms with Gasteiger partial charge in [0.15, 0.2) is 0 Å². The number of aryl methyl sites for hydroxylation is 1. The van der Waals surface area contributed by atoms with Crippen LogP contribution in [-0.2, 0) is 0 Å². The summed E-state index contributed by atoms with van der Waals surface area (Å²) in [6, 6.07) is 9.91. The molecule has 1 saturated heterocycles. The van der Waals surface area contributed by atoms with E-state index in [2.05, 4.69) is 21.3 Å². The van der Waals surface area contributed by atoms with E-state index in [0.29, 0.717) is 13.1 Å². The molecule has 0 aliphatic carbocycles. The molecule has 7 heteroatoms. The number of rotatable bonds is 3. The number of anilines is 1. The summed E-state index contributed by atoms with van der Waals surface area (Å²) in [7, 11) is 0. The van der Waals surface area contributed by atoms with Crippen molar-refractivity contribution in [1.29, 1.82) is 0 Å². The lowest BCUT2D eigenvalue weighted by Crippen LogP contribution is -2.48. The lowest BCUT2D eigenvalue weighted by Gasteiger charge is -2.36. The van der Waals surface area contributed by atoms with Crippen LogP contribution in [0, 0.1) is 6.92 Å². The van der Waals surface area contributed by atoms with Gasteiger partial charge in [0.2, 0.25) is 0 Å². The number of carbonyl (C=O) groups is 1. The quantitative estimate of drug-likeness (QED) is 0.630. The van der Waals surface area contributed by atoms with Crippen LogP contribution in [-0.4, -0.2) is 42.0 Å². The lowest BCUT2D eigenvalue weighted by molar-refractivity contribution is 0.0750. The monoisotopic (exact) mass is 403 g/mol. The highest BCUT2D eigenvalue weighted by Gasteiger charge is 2.26. The number of amides is 1. The van der Waals surface area contributed by atoms with Gasteiger partial charge in [-0.15, -0.1) is 11.3 Å². The van der Waals surface area contributed by atoms with Crippen LogP contribution in [0.4, 0.5) is 5.69 Å². The molecule has 0 unspecified atom stereocenters. The SMILES string of the molecule is Cc1nc(-c2ccsc2)sc1C(=O)N1CCN(c2cccc(Cl)c2)CC1. The lowest BCUT2D eigenvalue weighted by atomic mass is 10.2. The molecule has 1 aromatic carbocycles. The van der Waals surface area contributed by atoms with E-state index in [1.807, 2.05) is 41.5 Å². The van der Waals surface area contributed by atoms with Gasteiger partial charge < -0.3 is 9.80 Å². The van der Waals surface area contributed by atoms with Crippen molar-refractivity contribution < 1.29 is 4.79 Å². The summed E-state index contributed by atoms with van der Waals surface area (Å²) in [5.74, 6) is 0.0900. The molecule has 3 aromatic rings. The van der Waals surface area contributed by atoms with Crippen molar-refractivity contribution in [2.24, 2.45) is 0 Å². The summed E-state index contributed by atoms with van der Waals surface area (Å²) < 4.78 is 0. The number of benzene rings is 1. The molecule has 134 valence electrons. The Morgan fingerprint density at radius 2 is 2.00 bits per heavy atom. The van der Waals surface area contributed by atoms with E-state index in [9.17, 15) is 4.79 Å². The number of thiophene rings is 1. The molecule has 0 N–H and O–H groups in total. The van der Waals surface area contributed by atoms with Gasteiger partial charge in [0.05, 0.1) is 5.69 Å². The average Bonchev–Trinajstić information content (AvgIpc) is 3.31. The van der Waals surface area contributed by atoms with E-state index >= 15 is 0 Å². The number of hydrogen-bond donors (Lipinski definition) is 0. The Morgan fingerprint density at radius 1 is 1.19 bits per heavy atom. The van der Waals surface area contributed by atoms with Crippen LogP contribution in [0.1, 0.15) is 15.4 Å². The smallest absolute Gasteiger partial charge is 0.265 e. The highest BCUT2D eigenvalue weighted by atomic mass is 35.5. The third kappa shape index (κ3) is 3.49. The molecule has 1 fully saturated rings. The predicted octanol–water partition coefficient (Wildman–Crippen LogP) is 4.80. The number of nitrogens with zero attached hydrogens (tertiary/aromatic N) is 3. The number of piperazine rings is 1. The van der Waals surface area contributed by atoms with Crippen molar-refractivity contribution in [1.82, 2.24) is 9.88 Å². The Hall–Kier alpha value is -1.89. The molecule has 0 saturated carbocycles. The first-order valence-electron chi connectivity index (χ1n) is 8.41. The summed E-state index contributed by atoms with van der Waals surface area (Å²) in [5, 5.41) is 5.76. The van der Waals surface area contributed by atoms with Crippen LogP contribution in [0.25, 0.3) is 10.6 Å². The second kappa shape index (κ2) is 7.39. The molecule has 0 radical (unpaired) electrons. The van der Waals surface area contributed by atoms with Gasteiger partial charge in [-0.05, 0) is 36.6 Å². The Morgan fingerprint density at radius 3 is 2.69 bits per heavy atom. The Balaban J connectivity index is 1.45. The second-order valence-electron chi connectivity index (χ2n) is 6.20. The fourth-order valence-corrected chi connectivity index (χ4v) is 5.02. The first-order chi connectivity index (χ1) is 12.6. The highest BCUT2D eigenvalue weighted by Crippen LogP contribution is 2.30. The van der Waals surface area contributed by atoms with Crippen LogP contribution >= 0.6 is 34.3 Å². The van der Waals surface area contributed by atoms with E-state index in [1.165, 1.54) is 11.3 Å². The van der Waals surface area contributed by atoms with Crippen LogP contribution in [0.5, 0.6) is 0 Å². The summed E-state index contributed by atoms with van der Waals surface area (Å²) >= 11 is 9.22. The molecule has 2 aromatic heterocycles. The fraction of sp³-hybridized carbons (Fsp3) is 0.263. The topological polar surface area (TPSA) is 36.4 Å². The summed E-state index contributed by atoms with van der Waals surface area (Å²) in [6.45, 7) is 4.94. The standard InChI is InChI=1S/C19H18ClN3OS2/c1-13-17(26-18(21-13)14-5-10-25-12-14)19(24)23-8-6-22(7-9-23)16-4-2-3-15(20)11-16/h2-5,10-12H,6-9H2,1H3. The van der Waals surface area contributed by atoms with Gasteiger partial charge in [0, 0.05) is 47.8 Å². The molecule has 3 heterocycles.